The highest BCUT2D eigenvalue weighted by Crippen LogP contribution is 2.27. The quantitative estimate of drug-likeness (QED) is 0.696. The highest BCUT2D eigenvalue weighted by atomic mass is 15.2. The number of hydrogen-bond donors (Lipinski definition) is 1. The first kappa shape index (κ1) is 10.4. The number of rotatable bonds is 1. The molecule has 1 saturated carbocycles. The fraction of sp³-hybridized carbons (Fsp3) is 1.00. The minimum absolute atomic E-state index is 0.448. The van der Waals surface area contributed by atoms with Crippen LogP contribution >= 0.6 is 0 Å². The third kappa shape index (κ3) is 2.12. The van der Waals surface area contributed by atoms with Crippen LogP contribution in [0.5, 0.6) is 0 Å². The predicted molar refractivity (Wildman–Crippen MR) is 60.3 cm³/mol. The molecule has 2 nitrogen and oxygen atoms in total. The van der Waals surface area contributed by atoms with Crippen molar-refractivity contribution in [2.75, 3.05) is 6.54 Å². The maximum absolute atomic E-state index is 6.23. The van der Waals surface area contributed by atoms with Gasteiger partial charge in [0, 0.05) is 18.1 Å². The number of hydrogen-bond acceptors (Lipinski definition) is 2. The smallest absolute Gasteiger partial charge is 0.0250 e. The van der Waals surface area contributed by atoms with Gasteiger partial charge in [-0.25, -0.2) is 0 Å². The van der Waals surface area contributed by atoms with E-state index in [1.54, 1.807) is 0 Å². The molecule has 0 aromatic heterocycles. The van der Waals surface area contributed by atoms with Gasteiger partial charge in [0.15, 0.2) is 0 Å². The Labute approximate surface area is 87.8 Å². The molecule has 1 saturated heterocycles. The molecule has 0 aromatic carbocycles. The van der Waals surface area contributed by atoms with E-state index in [1.165, 1.54) is 51.5 Å². The van der Waals surface area contributed by atoms with Gasteiger partial charge in [0.25, 0.3) is 0 Å². The third-order valence-electron chi connectivity index (χ3n) is 4.06. The predicted octanol–water partition coefficient (Wildman–Crippen LogP) is 2.13. The molecule has 14 heavy (non-hydrogen) atoms. The van der Waals surface area contributed by atoms with Crippen LogP contribution < -0.4 is 5.73 Å². The van der Waals surface area contributed by atoms with Gasteiger partial charge < -0.3 is 5.73 Å². The summed E-state index contributed by atoms with van der Waals surface area (Å²) in [5.74, 6) is 0. The van der Waals surface area contributed by atoms with E-state index in [0.29, 0.717) is 12.1 Å². The Morgan fingerprint density at radius 2 is 1.71 bits per heavy atom. The first-order valence-electron chi connectivity index (χ1n) is 6.30. The number of nitrogens with zero attached hydrogens (tertiary/aromatic N) is 1. The maximum atomic E-state index is 6.23. The van der Waals surface area contributed by atoms with Crippen LogP contribution in [-0.4, -0.2) is 29.6 Å². The first-order chi connectivity index (χ1) is 6.79. The zero-order valence-corrected chi connectivity index (χ0v) is 9.41. The second kappa shape index (κ2) is 4.63. The highest BCUT2D eigenvalue weighted by molar-refractivity contribution is 4.89. The Morgan fingerprint density at radius 1 is 1.00 bits per heavy atom. The molecule has 0 bridgehead atoms. The van der Waals surface area contributed by atoms with Crippen LogP contribution in [0.2, 0.25) is 0 Å². The average Bonchev–Trinajstić information content (AvgIpc) is 2.20. The molecule has 0 radical (unpaired) electrons. The van der Waals surface area contributed by atoms with Crippen LogP contribution in [0.4, 0.5) is 0 Å². The van der Waals surface area contributed by atoms with E-state index in [0.717, 1.165) is 6.04 Å². The van der Waals surface area contributed by atoms with E-state index in [1.807, 2.05) is 0 Å². The molecule has 1 aliphatic carbocycles. The van der Waals surface area contributed by atoms with E-state index in [9.17, 15) is 0 Å². The Balaban J connectivity index is 1.96. The van der Waals surface area contributed by atoms with Gasteiger partial charge in [-0.15, -0.1) is 0 Å². The van der Waals surface area contributed by atoms with E-state index < -0.39 is 0 Å². The van der Waals surface area contributed by atoms with Crippen molar-refractivity contribution in [1.29, 1.82) is 0 Å². The molecule has 1 heterocycles. The molecule has 0 spiro atoms. The van der Waals surface area contributed by atoms with Crippen LogP contribution in [-0.2, 0) is 0 Å². The minimum atomic E-state index is 0.448. The van der Waals surface area contributed by atoms with Crippen molar-refractivity contribution in [2.24, 2.45) is 5.73 Å². The fourth-order valence-corrected chi connectivity index (χ4v) is 3.16. The molecule has 2 fully saturated rings. The van der Waals surface area contributed by atoms with Gasteiger partial charge >= 0.3 is 0 Å². The van der Waals surface area contributed by atoms with Gasteiger partial charge in [0.1, 0.15) is 0 Å². The van der Waals surface area contributed by atoms with Crippen LogP contribution in [0, 0.1) is 0 Å². The first-order valence-corrected chi connectivity index (χ1v) is 6.30. The van der Waals surface area contributed by atoms with Crippen molar-refractivity contribution >= 4 is 0 Å². The summed E-state index contributed by atoms with van der Waals surface area (Å²) in [6, 6.07) is 1.92. The Hall–Kier alpha value is -0.0800. The Kier molecular flexibility index (Phi) is 3.45. The topological polar surface area (TPSA) is 29.3 Å². The molecular formula is C12H24N2. The van der Waals surface area contributed by atoms with E-state index in [4.69, 9.17) is 5.73 Å². The molecule has 2 rings (SSSR count). The lowest BCUT2D eigenvalue weighted by atomic mass is 9.87. The summed E-state index contributed by atoms with van der Waals surface area (Å²) in [6.45, 7) is 3.67. The van der Waals surface area contributed by atoms with Crippen molar-refractivity contribution in [1.82, 2.24) is 4.90 Å². The lowest BCUT2D eigenvalue weighted by Crippen LogP contribution is -2.54. The molecule has 2 N–H and O–H groups in total. The van der Waals surface area contributed by atoms with E-state index in [2.05, 4.69) is 11.8 Å². The Morgan fingerprint density at radius 3 is 2.43 bits per heavy atom. The second-order valence-corrected chi connectivity index (χ2v) is 5.10. The highest BCUT2D eigenvalue weighted by Gasteiger charge is 2.31. The molecule has 2 heteroatoms. The summed E-state index contributed by atoms with van der Waals surface area (Å²) in [6.07, 6.45) is 9.50. The van der Waals surface area contributed by atoms with Gasteiger partial charge in [-0.2, -0.15) is 0 Å². The van der Waals surface area contributed by atoms with Crippen LogP contribution in [0.15, 0.2) is 0 Å². The normalized spacial score (nSPS) is 41.1. The minimum Gasteiger partial charge on any atom is -0.326 e. The lowest BCUT2D eigenvalue weighted by molar-refractivity contribution is 0.0698. The summed E-state index contributed by atoms with van der Waals surface area (Å²) in [5.41, 5.74) is 6.23. The summed E-state index contributed by atoms with van der Waals surface area (Å²) < 4.78 is 0. The number of piperidine rings is 1. The van der Waals surface area contributed by atoms with E-state index in [-0.39, 0.29) is 0 Å². The SMILES string of the molecule is CC1CCCCN1C1CCCCC1N. The monoisotopic (exact) mass is 196 g/mol. The van der Waals surface area contributed by atoms with Gasteiger partial charge in [-0.05, 0) is 39.2 Å². The molecule has 2 aliphatic rings. The van der Waals surface area contributed by atoms with Gasteiger partial charge in [-0.1, -0.05) is 19.3 Å². The summed E-state index contributed by atoms with van der Waals surface area (Å²) in [7, 11) is 0. The van der Waals surface area contributed by atoms with Crippen molar-refractivity contribution < 1.29 is 0 Å². The zero-order valence-electron chi connectivity index (χ0n) is 9.41. The van der Waals surface area contributed by atoms with Crippen LogP contribution in [0.25, 0.3) is 0 Å². The van der Waals surface area contributed by atoms with Crippen LogP contribution in [0.1, 0.15) is 51.9 Å². The summed E-state index contributed by atoms with van der Waals surface area (Å²) in [5, 5.41) is 0. The zero-order chi connectivity index (χ0) is 9.97. The second-order valence-electron chi connectivity index (χ2n) is 5.10. The molecule has 82 valence electrons. The molecule has 3 atom stereocenters. The fourth-order valence-electron chi connectivity index (χ4n) is 3.16. The summed E-state index contributed by atoms with van der Waals surface area (Å²) in [4.78, 5) is 2.69. The van der Waals surface area contributed by atoms with Crippen molar-refractivity contribution in [3.05, 3.63) is 0 Å². The Bertz CT molecular complexity index is 161. The van der Waals surface area contributed by atoms with E-state index >= 15 is 0 Å². The van der Waals surface area contributed by atoms with Gasteiger partial charge in [-0.3, -0.25) is 4.90 Å². The van der Waals surface area contributed by atoms with Crippen molar-refractivity contribution in [2.45, 2.75) is 70.0 Å². The van der Waals surface area contributed by atoms with Crippen LogP contribution in [0.3, 0.4) is 0 Å². The maximum Gasteiger partial charge on any atom is 0.0250 e. The molecule has 1 aliphatic heterocycles. The molecule has 0 aromatic rings. The standard InChI is InChI=1S/C12H24N2/c1-10-6-4-5-9-14(10)12-8-3-2-7-11(12)13/h10-12H,2-9,13H2,1H3. The van der Waals surface area contributed by atoms with Gasteiger partial charge in [0.05, 0.1) is 0 Å². The third-order valence-corrected chi connectivity index (χ3v) is 4.06. The molecule has 0 amide bonds. The van der Waals surface area contributed by atoms with Crippen molar-refractivity contribution in [3.8, 4) is 0 Å². The molecule has 3 unspecified atom stereocenters. The number of nitrogens with two attached hydrogens (primary N) is 1. The van der Waals surface area contributed by atoms with Gasteiger partial charge in [0.2, 0.25) is 0 Å². The molecular weight excluding hydrogens is 172 g/mol. The lowest BCUT2D eigenvalue weighted by Gasteiger charge is -2.44. The van der Waals surface area contributed by atoms with Crippen molar-refractivity contribution in [3.63, 3.8) is 0 Å². The summed E-state index contributed by atoms with van der Waals surface area (Å²) >= 11 is 0. The number of likely N-dealkylation sites (tertiary alicyclic amines) is 1. The average molecular weight is 196 g/mol. The largest absolute Gasteiger partial charge is 0.326 e.